The molecule has 3 rings (SSSR count). The number of nitrogens with zero attached hydrogens (tertiary/aromatic N) is 1. The molecule has 0 aromatic heterocycles. The minimum absolute atomic E-state index is 0.0454. The summed E-state index contributed by atoms with van der Waals surface area (Å²) in [6.45, 7) is 2.57. The first kappa shape index (κ1) is 15.1. The Morgan fingerprint density at radius 2 is 1.95 bits per heavy atom. The molecular weight excluding hydrogens is 312 g/mol. The maximum absolute atomic E-state index is 12.6. The standard InChI is InChI=1S/C17H16N2OS2/c1-12-6-5-9-14(10-12)19-16(20)15(22-17(19)21)11-18-13-7-3-2-4-8-13/h2-10,15,18H,11H2,1H3. The highest BCUT2D eigenvalue weighted by Crippen LogP contribution is 2.32. The van der Waals surface area contributed by atoms with Crippen LogP contribution < -0.4 is 10.2 Å². The molecule has 1 heterocycles. The van der Waals surface area contributed by atoms with Crippen LogP contribution in [0.2, 0.25) is 0 Å². The zero-order chi connectivity index (χ0) is 15.5. The van der Waals surface area contributed by atoms with E-state index in [1.54, 1.807) is 4.90 Å². The normalized spacial score (nSPS) is 17.9. The fourth-order valence-electron chi connectivity index (χ4n) is 2.35. The number of hydrogen-bond donors (Lipinski definition) is 1. The molecule has 1 saturated heterocycles. The number of anilines is 2. The second-order valence-corrected chi connectivity index (χ2v) is 6.97. The lowest BCUT2D eigenvalue weighted by Gasteiger charge is -2.16. The van der Waals surface area contributed by atoms with E-state index in [1.165, 1.54) is 11.8 Å². The van der Waals surface area contributed by atoms with Crippen LogP contribution in [-0.2, 0) is 4.79 Å². The summed E-state index contributed by atoms with van der Waals surface area (Å²) in [4.78, 5) is 14.3. The molecule has 2 aromatic carbocycles. The Balaban J connectivity index is 1.71. The van der Waals surface area contributed by atoms with Gasteiger partial charge in [-0.2, -0.15) is 0 Å². The SMILES string of the molecule is Cc1cccc(N2C(=O)C(CNc3ccccc3)SC2=S)c1. The Morgan fingerprint density at radius 1 is 1.18 bits per heavy atom. The summed E-state index contributed by atoms with van der Waals surface area (Å²) < 4.78 is 0.621. The molecule has 3 nitrogen and oxygen atoms in total. The molecule has 1 aliphatic rings. The van der Waals surface area contributed by atoms with E-state index in [-0.39, 0.29) is 11.2 Å². The van der Waals surface area contributed by atoms with E-state index in [0.717, 1.165) is 16.9 Å². The molecule has 1 N–H and O–H groups in total. The molecule has 0 saturated carbocycles. The highest BCUT2D eigenvalue weighted by molar-refractivity contribution is 8.25. The van der Waals surface area contributed by atoms with Crippen LogP contribution in [-0.4, -0.2) is 22.0 Å². The van der Waals surface area contributed by atoms with Crippen LogP contribution >= 0.6 is 24.0 Å². The monoisotopic (exact) mass is 328 g/mol. The van der Waals surface area contributed by atoms with Gasteiger partial charge in [-0.1, -0.05) is 54.3 Å². The van der Waals surface area contributed by atoms with Crippen molar-refractivity contribution < 1.29 is 4.79 Å². The van der Waals surface area contributed by atoms with Crippen molar-refractivity contribution in [1.82, 2.24) is 0 Å². The average Bonchev–Trinajstić information content (AvgIpc) is 2.80. The maximum atomic E-state index is 12.6. The number of para-hydroxylation sites is 1. The molecule has 0 spiro atoms. The number of rotatable bonds is 4. The Bertz CT molecular complexity index is 703. The summed E-state index contributed by atoms with van der Waals surface area (Å²) in [5.74, 6) is 0.0454. The molecule has 2 aromatic rings. The third-order valence-electron chi connectivity index (χ3n) is 3.45. The zero-order valence-corrected chi connectivity index (χ0v) is 13.8. The van der Waals surface area contributed by atoms with Crippen molar-refractivity contribution in [2.45, 2.75) is 12.2 Å². The third kappa shape index (κ3) is 3.15. The lowest BCUT2D eigenvalue weighted by Crippen LogP contribution is -2.33. The summed E-state index contributed by atoms with van der Waals surface area (Å²) in [5, 5.41) is 3.11. The number of amides is 1. The van der Waals surface area contributed by atoms with E-state index in [9.17, 15) is 4.79 Å². The largest absolute Gasteiger partial charge is 0.383 e. The van der Waals surface area contributed by atoms with Gasteiger partial charge in [0.2, 0.25) is 5.91 Å². The van der Waals surface area contributed by atoms with Crippen LogP contribution in [0.4, 0.5) is 11.4 Å². The topological polar surface area (TPSA) is 32.3 Å². The van der Waals surface area contributed by atoms with Gasteiger partial charge in [-0.25, -0.2) is 0 Å². The molecule has 0 bridgehead atoms. The van der Waals surface area contributed by atoms with Crippen molar-refractivity contribution in [3.63, 3.8) is 0 Å². The van der Waals surface area contributed by atoms with Crippen LogP contribution in [0.1, 0.15) is 5.56 Å². The summed E-state index contributed by atoms with van der Waals surface area (Å²) in [5.41, 5.74) is 2.98. The highest BCUT2D eigenvalue weighted by Gasteiger charge is 2.37. The molecule has 22 heavy (non-hydrogen) atoms. The van der Waals surface area contributed by atoms with Crippen LogP contribution in [0, 0.1) is 6.92 Å². The number of carbonyl (C=O) groups is 1. The zero-order valence-electron chi connectivity index (χ0n) is 12.2. The maximum Gasteiger partial charge on any atom is 0.247 e. The number of nitrogens with one attached hydrogen (secondary N) is 1. The minimum Gasteiger partial charge on any atom is -0.383 e. The second-order valence-electron chi connectivity index (χ2n) is 5.13. The molecule has 112 valence electrons. The molecule has 0 radical (unpaired) electrons. The molecule has 1 aliphatic heterocycles. The number of thioether (sulfide) groups is 1. The first-order valence-corrected chi connectivity index (χ1v) is 8.34. The number of hydrogen-bond acceptors (Lipinski definition) is 4. The van der Waals surface area contributed by atoms with Gasteiger partial charge in [-0.15, -0.1) is 0 Å². The third-order valence-corrected chi connectivity index (χ3v) is 4.95. The number of carbonyl (C=O) groups excluding carboxylic acids is 1. The first-order chi connectivity index (χ1) is 10.6. The highest BCUT2D eigenvalue weighted by atomic mass is 32.2. The Hall–Kier alpha value is -1.85. The van der Waals surface area contributed by atoms with Crippen molar-refractivity contribution in [2.24, 2.45) is 0 Å². The van der Waals surface area contributed by atoms with Crippen LogP contribution in [0.5, 0.6) is 0 Å². The van der Waals surface area contributed by atoms with Gasteiger partial charge >= 0.3 is 0 Å². The Morgan fingerprint density at radius 3 is 2.68 bits per heavy atom. The van der Waals surface area contributed by atoms with E-state index < -0.39 is 0 Å². The van der Waals surface area contributed by atoms with E-state index in [2.05, 4.69) is 5.32 Å². The molecule has 1 amide bonds. The van der Waals surface area contributed by atoms with Gasteiger partial charge in [0, 0.05) is 12.2 Å². The smallest absolute Gasteiger partial charge is 0.247 e. The molecule has 1 atom stereocenters. The molecule has 0 aliphatic carbocycles. The Labute approximate surface area is 139 Å². The van der Waals surface area contributed by atoms with E-state index >= 15 is 0 Å². The van der Waals surface area contributed by atoms with Crippen molar-refractivity contribution in [3.8, 4) is 0 Å². The first-order valence-electron chi connectivity index (χ1n) is 7.05. The fraction of sp³-hybridized carbons (Fsp3) is 0.176. The predicted molar refractivity (Wildman–Crippen MR) is 97.6 cm³/mol. The van der Waals surface area contributed by atoms with Gasteiger partial charge in [0.15, 0.2) is 0 Å². The van der Waals surface area contributed by atoms with Crippen molar-refractivity contribution in [3.05, 3.63) is 60.2 Å². The summed E-state index contributed by atoms with van der Waals surface area (Å²) in [6.07, 6.45) is 0. The summed E-state index contributed by atoms with van der Waals surface area (Å²) >= 11 is 6.84. The summed E-state index contributed by atoms with van der Waals surface area (Å²) in [7, 11) is 0. The summed E-state index contributed by atoms with van der Waals surface area (Å²) in [6, 6.07) is 17.7. The molecular formula is C17H16N2OS2. The minimum atomic E-state index is -0.187. The van der Waals surface area contributed by atoms with Gasteiger partial charge in [-0.3, -0.25) is 9.69 Å². The predicted octanol–water partition coefficient (Wildman–Crippen LogP) is 3.84. The van der Waals surface area contributed by atoms with E-state index in [4.69, 9.17) is 12.2 Å². The quantitative estimate of drug-likeness (QED) is 0.864. The van der Waals surface area contributed by atoms with Gasteiger partial charge in [0.05, 0.1) is 5.69 Å². The van der Waals surface area contributed by atoms with Gasteiger partial charge in [0.25, 0.3) is 0 Å². The Kier molecular flexibility index (Phi) is 4.45. The van der Waals surface area contributed by atoms with Crippen molar-refractivity contribution >= 4 is 45.6 Å². The van der Waals surface area contributed by atoms with Crippen molar-refractivity contribution in [1.29, 1.82) is 0 Å². The molecule has 1 fully saturated rings. The van der Waals surface area contributed by atoms with Crippen molar-refractivity contribution in [2.75, 3.05) is 16.8 Å². The van der Waals surface area contributed by atoms with Crippen LogP contribution in [0.3, 0.4) is 0 Å². The van der Waals surface area contributed by atoms with Crippen LogP contribution in [0.15, 0.2) is 54.6 Å². The van der Waals surface area contributed by atoms with Gasteiger partial charge in [-0.05, 0) is 36.8 Å². The van der Waals surface area contributed by atoms with Crippen LogP contribution in [0.25, 0.3) is 0 Å². The average molecular weight is 328 g/mol. The lowest BCUT2D eigenvalue weighted by atomic mass is 10.2. The van der Waals surface area contributed by atoms with Gasteiger partial charge < -0.3 is 5.32 Å². The lowest BCUT2D eigenvalue weighted by molar-refractivity contribution is -0.116. The van der Waals surface area contributed by atoms with Gasteiger partial charge in [0.1, 0.15) is 9.57 Å². The fourth-order valence-corrected chi connectivity index (χ4v) is 3.81. The van der Waals surface area contributed by atoms with E-state index in [0.29, 0.717) is 10.9 Å². The van der Waals surface area contributed by atoms with E-state index in [1.807, 2.05) is 61.5 Å². The number of thiocarbonyl (C=S) groups is 1. The number of aryl methyl sites for hydroxylation is 1. The molecule has 5 heteroatoms. The number of benzene rings is 2. The molecule has 1 unspecified atom stereocenters. The second kappa shape index (κ2) is 6.50.